The monoisotopic (exact) mass is 1060 g/mol. The minimum Gasteiger partial charge on any atom is -0.468 e. The van der Waals surface area contributed by atoms with E-state index in [0.29, 0.717) is 0 Å². The van der Waals surface area contributed by atoms with Gasteiger partial charge in [0.1, 0.15) is 5.58 Å². The van der Waals surface area contributed by atoms with Crippen LogP contribution in [0.4, 0.5) is 51.2 Å². The van der Waals surface area contributed by atoms with E-state index in [1.807, 2.05) is 6.07 Å². The Labute approximate surface area is 484 Å². The quantitative estimate of drug-likeness (QED) is 0.155. The molecule has 0 atom stereocenters. The highest BCUT2D eigenvalue weighted by Gasteiger charge is 2.50. The van der Waals surface area contributed by atoms with Crippen molar-refractivity contribution in [2.75, 3.05) is 14.7 Å². The van der Waals surface area contributed by atoms with E-state index >= 15 is 0 Å². The number of hydrogen-bond donors (Lipinski definition) is 0. The van der Waals surface area contributed by atoms with Crippen LogP contribution in [-0.4, -0.2) is 6.71 Å². The lowest BCUT2D eigenvalue weighted by Gasteiger charge is -2.48. The van der Waals surface area contributed by atoms with Gasteiger partial charge in [0.05, 0.1) is 22.7 Å². The Hall–Kier alpha value is -7.42. The van der Waals surface area contributed by atoms with Crippen LogP contribution in [0.1, 0.15) is 167 Å². The molecule has 5 heteroatoms. The Balaban J connectivity index is 1.24. The van der Waals surface area contributed by atoms with Crippen LogP contribution in [0.15, 0.2) is 150 Å². The van der Waals surface area contributed by atoms with Gasteiger partial charge < -0.3 is 19.1 Å². The summed E-state index contributed by atoms with van der Waals surface area (Å²) < 4.78 is 7.65. The molecule has 4 nitrogen and oxygen atoms in total. The minimum atomic E-state index is -0.243. The molecular weight excluding hydrogens is 982 g/mol. The summed E-state index contributed by atoms with van der Waals surface area (Å²) in [6.45, 7) is 37.7. The summed E-state index contributed by atoms with van der Waals surface area (Å²) in [5.74, 6) is 0. The first-order valence-corrected chi connectivity index (χ1v) is 29.9. The van der Waals surface area contributed by atoms with E-state index in [9.17, 15) is 0 Å². The van der Waals surface area contributed by atoms with Crippen molar-refractivity contribution in [3.05, 3.63) is 202 Å². The first-order valence-electron chi connectivity index (χ1n) is 29.9. The van der Waals surface area contributed by atoms with Crippen molar-refractivity contribution in [1.82, 2.24) is 0 Å². The summed E-state index contributed by atoms with van der Waals surface area (Å²) in [6.07, 6.45) is 4.45. The Morgan fingerprint density at radius 3 is 1.54 bits per heavy atom. The maximum Gasteiger partial charge on any atom is 0.297 e. The number of benzene rings is 7. The van der Waals surface area contributed by atoms with Crippen LogP contribution in [0.2, 0.25) is 0 Å². The largest absolute Gasteiger partial charge is 0.468 e. The minimum absolute atomic E-state index is 0.0224. The highest BCUT2D eigenvalue weighted by Crippen LogP contribution is 2.56. The van der Waals surface area contributed by atoms with E-state index < -0.39 is 0 Å². The molecule has 8 aromatic carbocycles. The molecule has 9 aromatic rings. The molecule has 0 radical (unpaired) electrons. The van der Waals surface area contributed by atoms with E-state index in [4.69, 9.17) is 4.42 Å². The summed E-state index contributed by atoms with van der Waals surface area (Å²) in [5.41, 5.74) is 27.2. The average molecular weight is 1060 g/mol. The smallest absolute Gasteiger partial charge is 0.297 e. The molecule has 1 aromatic heterocycles. The molecule has 2 aliphatic heterocycles. The Bertz CT molecular complexity index is 3930. The molecule has 0 saturated heterocycles. The van der Waals surface area contributed by atoms with Gasteiger partial charge in [-0.1, -0.05) is 175 Å². The first-order chi connectivity index (χ1) is 38.2. The van der Waals surface area contributed by atoms with Crippen molar-refractivity contribution < 1.29 is 4.42 Å². The number of hydrogen-bond acceptors (Lipinski definition) is 4. The summed E-state index contributed by atoms with van der Waals surface area (Å²) in [5, 5.41) is 1.13. The third-order valence-corrected chi connectivity index (χ3v) is 19.5. The van der Waals surface area contributed by atoms with Gasteiger partial charge >= 0.3 is 0 Å². The van der Waals surface area contributed by atoms with Gasteiger partial charge in [0.2, 0.25) is 0 Å². The average Bonchev–Trinajstić information content (AvgIpc) is 3.29. The van der Waals surface area contributed by atoms with Crippen LogP contribution >= 0.6 is 0 Å². The third kappa shape index (κ3) is 8.56. The van der Waals surface area contributed by atoms with E-state index in [1.54, 1.807) is 0 Å². The van der Waals surface area contributed by atoms with E-state index in [0.717, 1.165) is 98.9 Å². The molecular formula is C76H80BN3O. The van der Waals surface area contributed by atoms with Crippen molar-refractivity contribution >= 4 is 85.5 Å². The second-order valence-electron chi connectivity index (χ2n) is 29.2. The van der Waals surface area contributed by atoms with Gasteiger partial charge in [0.15, 0.2) is 0 Å². The molecule has 13 rings (SSSR count). The van der Waals surface area contributed by atoms with Crippen LogP contribution in [0.3, 0.4) is 0 Å². The SMILES string of the molecule is Cc1ccc(N(c2ccc(C)cc2)c2cc3c4c(c2)N(c2ccc(C(C)(C)C)cc2)c2c(oc5ccc(C(C)(C)C)cc25)B4c2cc4c(cc2N3c2cc3c(cc2-c2c#cccc2)C(C)(C)CCC3(C)C)C(C)(C)CCC4(C)C)cc1. The van der Waals surface area contributed by atoms with E-state index in [1.165, 1.54) is 61.1 Å². The van der Waals surface area contributed by atoms with Crippen molar-refractivity contribution in [2.24, 2.45) is 0 Å². The topological polar surface area (TPSA) is 22.9 Å². The van der Waals surface area contributed by atoms with E-state index in [-0.39, 0.29) is 39.2 Å². The predicted octanol–water partition coefficient (Wildman–Crippen LogP) is 19.2. The van der Waals surface area contributed by atoms with Crippen LogP contribution in [0, 0.1) is 26.0 Å². The molecule has 0 amide bonds. The van der Waals surface area contributed by atoms with Crippen molar-refractivity contribution in [3.63, 3.8) is 0 Å². The lowest BCUT2D eigenvalue weighted by Crippen LogP contribution is -2.61. The second kappa shape index (κ2) is 18.0. The standard InChI is InChI=1S/C76H80BN3O/c1-47-22-29-52(30-23-47)78(53-31-24-48(2)25-32-53)55-41-65-68-66(42-55)80(63-45-60-58(73(9,10)36-38-75(60,13)14)43-56(63)49-20-18-17-19-21-49)64-46-61-59(74(11,12)37-39-76(61,15)16)44-62(64)77(68)70-69(57-40-51(72(6,7)8)28-35-67(57)81-70)79(65)54-33-26-50(27-34-54)71(3,4)5/h17-18,20,22-35,40-46H,36-39H2,1-16H3. The van der Waals surface area contributed by atoms with Gasteiger partial charge in [0.25, 0.3) is 6.71 Å². The van der Waals surface area contributed by atoms with Crippen LogP contribution < -0.4 is 31.3 Å². The fraction of sp³-hybridized carbons (Fsp3) is 0.342. The molecule has 0 bridgehead atoms. The van der Waals surface area contributed by atoms with Crippen molar-refractivity contribution in [1.29, 1.82) is 0 Å². The normalized spacial score (nSPS) is 17.2. The van der Waals surface area contributed by atoms with Gasteiger partial charge in [-0.2, -0.15) is 0 Å². The number of nitrogens with zero attached hydrogens (tertiary/aromatic N) is 3. The molecule has 2 aliphatic carbocycles. The van der Waals surface area contributed by atoms with Gasteiger partial charge in [-0.3, -0.25) is 0 Å². The summed E-state index contributed by atoms with van der Waals surface area (Å²) in [4.78, 5) is 7.77. The number of fused-ring (bicyclic) bond motifs is 8. The summed E-state index contributed by atoms with van der Waals surface area (Å²) in [7, 11) is 0. The van der Waals surface area contributed by atoms with Crippen molar-refractivity contribution in [2.45, 2.75) is 169 Å². The zero-order chi connectivity index (χ0) is 57.1. The van der Waals surface area contributed by atoms with Crippen LogP contribution in [0.25, 0.3) is 22.1 Å². The second-order valence-corrected chi connectivity index (χ2v) is 29.2. The van der Waals surface area contributed by atoms with Gasteiger partial charge in [-0.15, -0.1) is 0 Å². The fourth-order valence-corrected chi connectivity index (χ4v) is 14.1. The molecule has 0 saturated carbocycles. The lowest BCUT2D eigenvalue weighted by atomic mass is 9.35. The molecule has 0 fully saturated rings. The molecule has 3 heterocycles. The number of furan rings is 1. The van der Waals surface area contributed by atoms with Gasteiger partial charge in [-0.05, 0) is 207 Å². The Morgan fingerprint density at radius 2 is 1.01 bits per heavy atom. The lowest BCUT2D eigenvalue weighted by molar-refractivity contribution is 0.332. The number of anilines is 9. The molecule has 0 spiro atoms. The van der Waals surface area contributed by atoms with Gasteiger partial charge in [0, 0.05) is 50.6 Å². The fourth-order valence-electron chi connectivity index (χ4n) is 14.1. The third-order valence-electron chi connectivity index (χ3n) is 19.5. The maximum atomic E-state index is 7.65. The summed E-state index contributed by atoms with van der Waals surface area (Å²) in [6, 6.07) is 63.4. The molecule has 408 valence electrons. The molecule has 81 heavy (non-hydrogen) atoms. The highest BCUT2D eigenvalue weighted by molar-refractivity contribution is 7.00. The van der Waals surface area contributed by atoms with E-state index in [2.05, 4.69) is 277 Å². The van der Waals surface area contributed by atoms with Crippen LogP contribution in [0.5, 0.6) is 0 Å². The van der Waals surface area contributed by atoms with Gasteiger partial charge in [-0.25, -0.2) is 0 Å². The summed E-state index contributed by atoms with van der Waals surface area (Å²) >= 11 is 0. The predicted molar refractivity (Wildman–Crippen MR) is 345 cm³/mol. The van der Waals surface area contributed by atoms with Crippen molar-refractivity contribution in [3.8, 4) is 11.1 Å². The molecule has 0 unspecified atom stereocenters. The zero-order valence-electron chi connectivity index (χ0n) is 51.0. The first kappa shape index (κ1) is 52.9. The Kier molecular flexibility index (Phi) is 11.8. The zero-order valence-corrected chi connectivity index (χ0v) is 51.0. The van der Waals surface area contributed by atoms with Crippen LogP contribution in [-0.2, 0) is 32.5 Å². The number of aryl methyl sites for hydroxylation is 2. The molecule has 4 aliphatic rings. The molecule has 0 N–H and O–H groups in total. The Morgan fingerprint density at radius 1 is 0.506 bits per heavy atom. The number of rotatable bonds is 6. The maximum absolute atomic E-state index is 7.65. The highest BCUT2D eigenvalue weighted by atomic mass is 16.3.